The van der Waals surface area contributed by atoms with Gasteiger partial charge in [-0.15, -0.1) is 0 Å². The molecule has 1 amide bonds. The molecule has 0 bridgehead atoms. The standard InChI is InChI=1S/C30H27NO8/c1-35-15-14-31-29(33)24-17-22-10-11-23(18-26(22)39-30(24)34)38-28(32)13-9-20-8-12-25(27(16-20)36-2)37-19-21-6-4-3-5-7-21/h3-13,16-18H,14-15,19H2,1-2H3,(H,31,33)/b13-9+. The van der Waals surface area contributed by atoms with Crippen LogP contribution < -0.4 is 25.2 Å². The van der Waals surface area contributed by atoms with Crippen LogP contribution in [0.4, 0.5) is 0 Å². The summed E-state index contributed by atoms with van der Waals surface area (Å²) in [6, 6.07) is 21.1. The number of hydrogen-bond donors (Lipinski definition) is 1. The van der Waals surface area contributed by atoms with Crippen LogP contribution in [-0.2, 0) is 16.1 Å². The number of carbonyl (C=O) groups excluding carboxylic acids is 2. The maximum absolute atomic E-state index is 12.4. The second-order valence-corrected chi connectivity index (χ2v) is 8.33. The number of carbonyl (C=O) groups is 2. The summed E-state index contributed by atoms with van der Waals surface area (Å²) >= 11 is 0. The van der Waals surface area contributed by atoms with Gasteiger partial charge in [0.05, 0.1) is 13.7 Å². The monoisotopic (exact) mass is 529 g/mol. The lowest BCUT2D eigenvalue weighted by Crippen LogP contribution is -2.30. The second-order valence-electron chi connectivity index (χ2n) is 8.33. The molecular weight excluding hydrogens is 502 g/mol. The van der Waals surface area contributed by atoms with E-state index in [0.29, 0.717) is 35.7 Å². The average molecular weight is 530 g/mol. The molecule has 0 aliphatic rings. The molecule has 0 aliphatic carbocycles. The number of amides is 1. The van der Waals surface area contributed by atoms with E-state index < -0.39 is 17.5 Å². The van der Waals surface area contributed by atoms with Crippen molar-refractivity contribution in [3.63, 3.8) is 0 Å². The fraction of sp³-hybridized carbons (Fsp3) is 0.167. The minimum Gasteiger partial charge on any atom is -0.493 e. The van der Waals surface area contributed by atoms with Crippen LogP contribution in [0.5, 0.6) is 17.2 Å². The lowest BCUT2D eigenvalue weighted by Gasteiger charge is -2.11. The highest BCUT2D eigenvalue weighted by Crippen LogP contribution is 2.29. The first-order valence-electron chi connectivity index (χ1n) is 12.1. The molecule has 0 unspecified atom stereocenters. The van der Waals surface area contributed by atoms with Crippen molar-refractivity contribution in [1.82, 2.24) is 5.32 Å². The summed E-state index contributed by atoms with van der Waals surface area (Å²) in [4.78, 5) is 36.9. The van der Waals surface area contributed by atoms with E-state index in [9.17, 15) is 14.4 Å². The van der Waals surface area contributed by atoms with E-state index in [0.717, 1.165) is 5.56 Å². The van der Waals surface area contributed by atoms with E-state index in [-0.39, 0.29) is 23.4 Å². The van der Waals surface area contributed by atoms with Gasteiger partial charge in [-0.2, -0.15) is 0 Å². The Morgan fingerprint density at radius 1 is 0.949 bits per heavy atom. The maximum Gasteiger partial charge on any atom is 0.349 e. The molecule has 9 heteroatoms. The van der Waals surface area contributed by atoms with E-state index in [1.165, 1.54) is 25.3 Å². The van der Waals surface area contributed by atoms with Gasteiger partial charge in [-0.3, -0.25) is 4.79 Å². The van der Waals surface area contributed by atoms with Gasteiger partial charge < -0.3 is 28.7 Å². The summed E-state index contributed by atoms with van der Waals surface area (Å²) in [7, 11) is 3.05. The summed E-state index contributed by atoms with van der Waals surface area (Å²) < 4.78 is 26.8. The summed E-state index contributed by atoms with van der Waals surface area (Å²) in [5.74, 6) is 0.0944. The van der Waals surface area contributed by atoms with Crippen LogP contribution >= 0.6 is 0 Å². The van der Waals surface area contributed by atoms with Crippen molar-refractivity contribution >= 4 is 28.9 Å². The first-order valence-corrected chi connectivity index (χ1v) is 12.1. The van der Waals surface area contributed by atoms with E-state index in [1.54, 1.807) is 43.5 Å². The van der Waals surface area contributed by atoms with Gasteiger partial charge in [0.15, 0.2) is 11.5 Å². The Labute approximate surface area is 224 Å². The molecular formula is C30H27NO8. The molecule has 1 N–H and O–H groups in total. The minimum absolute atomic E-state index is 0.127. The lowest BCUT2D eigenvalue weighted by molar-refractivity contribution is -0.128. The fourth-order valence-electron chi connectivity index (χ4n) is 3.63. The van der Waals surface area contributed by atoms with Gasteiger partial charge in [0.25, 0.3) is 5.91 Å². The van der Waals surface area contributed by atoms with Crippen molar-refractivity contribution in [2.45, 2.75) is 6.61 Å². The Balaban J connectivity index is 1.40. The topological polar surface area (TPSA) is 113 Å². The van der Waals surface area contributed by atoms with E-state index in [4.69, 9.17) is 23.4 Å². The quantitative estimate of drug-likeness (QED) is 0.100. The zero-order valence-corrected chi connectivity index (χ0v) is 21.5. The van der Waals surface area contributed by atoms with Crippen LogP contribution in [0.25, 0.3) is 17.0 Å². The van der Waals surface area contributed by atoms with E-state index in [1.807, 2.05) is 30.3 Å². The molecule has 1 heterocycles. The molecule has 4 aromatic rings. The van der Waals surface area contributed by atoms with Crippen LogP contribution in [0.15, 0.2) is 88.1 Å². The number of methoxy groups -OCH3 is 2. The molecule has 0 saturated heterocycles. The normalized spacial score (nSPS) is 10.9. The molecule has 0 aliphatic heterocycles. The van der Waals surface area contributed by atoms with Crippen molar-refractivity contribution in [3.8, 4) is 17.2 Å². The molecule has 200 valence electrons. The van der Waals surface area contributed by atoms with Gasteiger partial charge in [0, 0.05) is 31.2 Å². The van der Waals surface area contributed by atoms with E-state index >= 15 is 0 Å². The molecule has 1 aromatic heterocycles. The molecule has 9 nitrogen and oxygen atoms in total. The van der Waals surface area contributed by atoms with Gasteiger partial charge in [-0.1, -0.05) is 36.4 Å². The largest absolute Gasteiger partial charge is 0.493 e. The zero-order valence-electron chi connectivity index (χ0n) is 21.5. The number of nitrogens with one attached hydrogen (secondary N) is 1. The van der Waals surface area contributed by atoms with Crippen molar-refractivity contribution in [1.29, 1.82) is 0 Å². The molecule has 3 aromatic carbocycles. The second kappa shape index (κ2) is 13.1. The third kappa shape index (κ3) is 7.33. The number of benzene rings is 3. The summed E-state index contributed by atoms with van der Waals surface area (Å²) in [5.41, 5.74) is 0.988. The highest BCUT2D eigenvalue weighted by Gasteiger charge is 2.14. The van der Waals surface area contributed by atoms with Crippen LogP contribution in [0.3, 0.4) is 0 Å². The smallest absolute Gasteiger partial charge is 0.349 e. The molecule has 0 saturated carbocycles. The summed E-state index contributed by atoms with van der Waals surface area (Å²) in [6.07, 6.45) is 2.86. The Hall–Kier alpha value is -4.89. The van der Waals surface area contributed by atoms with E-state index in [2.05, 4.69) is 5.32 Å². The number of rotatable bonds is 11. The molecule has 0 fully saturated rings. The van der Waals surface area contributed by atoms with Gasteiger partial charge in [-0.25, -0.2) is 9.59 Å². The number of hydrogen-bond acceptors (Lipinski definition) is 8. The molecule has 0 spiro atoms. The highest BCUT2D eigenvalue weighted by atomic mass is 16.5. The lowest BCUT2D eigenvalue weighted by atomic mass is 10.1. The number of ether oxygens (including phenoxy) is 4. The van der Waals surface area contributed by atoms with Crippen LogP contribution in [0, 0.1) is 0 Å². The number of esters is 1. The third-order valence-electron chi connectivity index (χ3n) is 5.60. The van der Waals surface area contributed by atoms with Gasteiger partial charge in [0.2, 0.25) is 0 Å². The van der Waals surface area contributed by atoms with Gasteiger partial charge in [0.1, 0.15) is 23.5 Å². The maximum atomic E-state index is 12.4. The van der Waals surface area contributed by atoms with Gasteiger partial charge >= 0.3 is 11.6 Å². The van der Waals surface area contributed by atoms with Crippen molar-refractivity contribution < 1.29 is 33.0 Å². The highest BCUT2D eigenvalue weighted by molar-refractivity contribution is 5.97. The van der Waals surface area contributed by atoms with Crippen LogP contribution in [0.1, 0.15) is 21.5 Å². The average Bonchev–Trinajstić information content (AvgIpc) is 2.95. The molecule has 0 radical (unpaired) electrons. The fourth-order valence-corrected chi connectivity index (χ4v) is 3.63. The third-order valence-corrected chi connectivity index (χ3v) is 5.60. The van der Waals surface area contributed by atoms with Crippen molar-refractivity contribution in [2.75, 3.05) is 27.4 Å². The predicted octanol–water partition coefficient (Wildman–Crippen LogP) is 4.38. The summed E-state index contributed by atoms with van der Waals surface area (Å²) in [6.45, 7) is 0.970. The SMILES string of the molecule is COCCNC(=O)c1cc2ccc(OC(=O)/C=C/c3ccc(OCc4ccccc4)c(OC)c3)cc2oc1=O. The van der Waals surface area contributed by atoms with Crippen molar-refractivity contribution in [3.05, 3.63) is 106 Å². The molecule has 0 atom stereocenters. The molecule has 4 rings (SSSR count). The molecule has 39 heavy (non-hydrogen) atoms. The number of fused-ring (bicyclic) bond motifs is 1. The first kappa shape index (κ1) is 27.2. The predicted molar refractivity (Wildman–Crippen MR) is 145 cm³/mol. The first-order chi connectivity index (χ1) is 19.0. The van der Waals surface area contributed by atoms with Gasteiger partial charge in [-0.05, 0) is 47.5 Å². The Morgan fingerprint density at radius 2 is 1.77 bits per heavy atom. The Morgan fingerprint density at radius 3 is 2.54 bits per heavy atom. The van der Waals surface area contributed by atoms with Crippen LogP contribution in [0.2, 0.25) is 0 Å². The Kier molecular flexibility index (Phi) is 9.10. The van der Waals surface area contributed by atoms with Crippen LogP contribution in [-0.4, -0.2) is 39.2 Å². The van der Waals surface area contributed by atoms with Crippen molar-refractivity contribution in [2.24, 2.45) is 0 Å². The minimum atomic E-state index is -0.800. The zero-order chi connectivity index (χ0) is 27.6. The Bertz CT molecular complexity index is 1540. The summed E-state index contributed by atoms with van der Waals surface area (Å²) in [5, 5.41) is 3.08.